The molecule has 0 saturated carbocycles. The lowest BCUT2D eigenvalue weighted by Gasteiger charge is -2.31. The molecular formula is C34H40N2O3S. The number of hydrogen-bond acceptors (Lipinski definition) is 4. The second-order valence-corrected chi connectivity index (χ2v) is 12.5. The topological polar surface area (TPSA) is 67.4 Å². The Hall–Kier alpha value is -3.25. The van der Waals surface area contributed by atoms with Gasteiger partial charge in [0.05, 0.1) is 30.2 Å². The maximum absolute atomic E-state index is 14.4. The fraction of sp³-hybridized carbons (Fsp3) is 0.324. The van der Waals surface area contributed by atoms with Crippen molar-refractivity contribution in [2.24, 2.45) is 0 Å². The van der Waals surface area contributed by atoms with Crippen molar-refractivity contribution in [2.75, 3.05) is 19.8 Å². The molecule has 0 amide bonds. The van der Waals surface area contributed by atoms with Gasteiger partial charge in [-0.3, -0.25) is 0 Å². The number of rotatable bonds is 12. The largest absolute Gasteiger partial charge is 0.376 e. The van der Waals surface area contributed by atoms with Crippen molar-refractivity contribution < 1.29 is 13.7 Å². The van der Waals surface area contributed by atoms with E-state index in [1.165, 1.54) is 11.1 Å². The molecule has 0 aliphatic heterocycles. The number of allylic oxidation sites excluding steroid dienone is 3. The average molecular weight is 557 g/mol. The van der Waals surface area contributed by atoms with E-state index in [4.69, 9.17) is 4.74 Å². The number of ether oxygens (including phenoxy) is 1. The van der Waals surface area contributed by atoms with Crippen LogP contribution in [-0.2, 0) is 19.2 Å². The fourth-order valence-electron chi connectivity index (χ4n) is 5.39. The third-order valence-electron chi connectivity index (χ3n) is 7.28. The summed E-state index contributed by atoms with van der Waals surface area (Å²) in [4.78, 5) is 13.0. The highest BCUT2D eigenvalue weighted by atomic mass is 32.2. The van der Waals surface area contributed by atoms with Crippen LogP contribution in [0.25, 0.3) is 0 Å². The third-order valence-corrected chi connectivity index (χ3v) is 9.32. The third kappa shape index (κ3) is 7.48. The number of aryl methyl sites for hydroxylation is 3. The molecule has 0 fully saturated rings. The molecule has 3 aromatic rings. The summed E-state index contributed by atoms with van der Waals surface area (Å²) < 4.78 is 23.7. The van der Waals surface area contributed by atoms with Gasteiger partial charge in [-0.2, -0.15) is 0 Å². The van der Waals surface area contributed by atoms with E-state index in [1.807, 2.05) is 98.8 Å². The maximum atomic E-state index is 14.4. The standard InChI is InChI=1S/C34H40N2O3S/c1-25-15-17-29(18-16-25)23-39-20-19-35-32(30-11-7-5-8-12-30)33(31-13-9-6-10-14-31)36-40(38,24-37)34-27(3)21-26(2)22-28(34)4/h5-15,18,21-22,32-33,35H,16-17,19-20,23H2,1-4H3,(H,36,38)/t32-,33-,40?/m1/s1. The maximum Gasteiger partial charge on any atom is 0.205 e. The van der Waals surface area contributed by atoms with Crippen molar-refractivity contribution >= 4 is 14.9 Å². The predicted molar refractivity (Wildman–Crippen MR) is 164 cm³/mol. The highest BCUT2D eigenvalue weighted by Crippen LogP contribution is 2.32. The van der Waals surface area contributed by atoms with E-state index in [0.717, 1.165) is 40.7 Å². The Morgan fingerprint density at radius 3 is 2.00 bits per heavy atom. The number of hydrogen-bond donors (Lipinski definition) is 2. The van der Waals surface area contributed by atoms with Gasteiger partial charge in [-0.25, -0.2) is 13.7 Å². The monoisotopic (exact) mass is 556 g/mol. The summed E-state index contributed by atoms with van der Waals surface area (Å²) in [5.74, 6) is 0. The van der Waals surface area contributed by atoms with Crippen LogP contribution in [0.1, 0.15) is 59.7 Å². The Bertz CT molecular complexity index is 1480. The summed E-state index contributed by atoms with van der Waals surface area (Å²) in [5.41, 5.74) is 7.32. The summed E-state index contributed by atoms with van der Waals surface area (Å²) in [6.45, 7) is 9.67. The molecular weight excluding hydrogens is 516 g/mol. The quantitative estimate of drug-likeness (QED) is 0.150. The number of nitrogens with one attached hydrogen (secondary N) is 2. The van der Waals surface area contributed by atoms with Gasteiger partial charge in [0.1, 0.15) is 9.71 Å². The van der Waals surface area contributed by atoms with Crippen molar-refractivity contribution in [2.45, 2.75) is 57.5 Å². The Morgan fingerprint density at radius 2 is 1.45 bits per heavy atom. The van der Waals surface area contributed by atoms with E-state index in [9.17, 15) is 9.00 Å². The van der Waals surface area contributed by atoms with Crippen LogP contribution in [0.15, 0.2) is 101 Å². The van der Waals surface area contributed by atoms with E-state index in [2.05, 4.69) is 29.1 Å². The van der Waals surface area contributed by atoms with E-state index >= 15 is 0 Å². The van der Waals surface area contributed by atoms with Crippen LogP contribution in [0.4, 0.5) is 0 Å². The van der Waals surface area contributed by atoms with Gasteiger partial charge in [-0.05, 0) is 68.4 Å². The molecule has 210 valence electrons. The molecule has 6 heteroatoms. The molecule has 3 aromatic carbocycles. The molecule has 0 saturated heterocycles. The molecule has 0 aromatic heterocycles. The summed E-state index contributed by atoms with van der Waals surface area (Å²) in [6, 6.07) is 23.1. The van der Waals surface area contributed by atoms with Crippen LogP contribution in [0, 0.1) is 20.8 Å². The summed E-state index contributed by atoms with van der Waals surface area (Å²) >= 11 is 0. The molecule has 3 atom stereocenters. The van der Waals surface area contributed by atoms with Crippen LogP contribution in [0.3, 0.4) is 0 Å². The van der Waals surface area contributed by atoms with Crippen molar-refractivity contribution in [3.05, 3.63) is 124 Å². The van der Waals surface area contributed by atoms with Gasteiger partial charge in [-0.1, -0.05) is 96.1 Å². The minimum absolute atomic E-state index is 0.285. The Balaban J connectivity index is 1.62. The molecule has 4 rings (SSSR count). The van der Waals surface area contributed by atoms with E-state index in [1.54, 1.807) is 0 Å². The van der Waals surface area contributed by atoms with Gasteiger partial charge < -0.3 is 10.1 Å². The van der Waals surface area contributed by atoms with Gasteiger partial charge in [-0.15, -0.1) is 0 Å². The molecule has 2 N–H and O–H groups in total. The lowest BCUT2D eigenvalue weighted by atomic mass is 9.94. The van der Waals surface area contributed by atoms with Crippen LogP contribution < -0.4 is 10.0 Å². The molecule has 40 heavy (non-hydrogen) atoms. The minimum atomic E-state index is -3.38. The Morgan fingerprint density at radius 1 is 0.850 bits per heavy atom. The highest BCUT2D eigenvalue weighted by molar-refractivity contribution is 7.99. The second kappa shape index (κ2) is 13.9. The van der Waals surface area contributed by atoms with Gasteiger partial charge in [0.15, 0.2) is 0 Å². The van der Waals surface area contributed by atoms with Crippen molar-refractivity contribution in [1.82, 2.24) is 10.0 Å². The first kappa shape index (κ1) is 29.7. The molecule has 0 heterocycles. The minimum Gasteiger partial charge on any atom is -0.376 e. The molecule has 5 nitrogen and oxygen atoms in total. The number of carbonyl (C=O) groups excluding carboxylic acids is 1. The van der Waals surface area contributed by atoms with E-state index in [-0.39, 0.29) is 6.04 Å². The molecule has 1 aliphatic rings. The first-order valence-corrected chi connectivity index (χ1v) is 15.4. The zero-order valence-electron chi connectivity index (χ0n) is 23.9. The Labute approximate surface area is 239 Å². The molecule has 0 radical (unpaired) electrons. The molecule has 1 aliphatic carbocycles. The van der Waals surface area contributed by atoms with E-state index < -0.39 is 15.7 Å². The zero-order valence-corrected chi connectivity index (χ0v) is 24.7. The molecule has 1 unspecified atom stereocenters. The average Bonchev–Trinajstić information content (AvgIpc) is 2.95. The predicted octanol–water partition coefficient (Wildman–Crippen LogP) is 6.58. The lowest BCUT2D eigenvalue weighted by molar-refractivity contribution is 0.152. The van der Waals surface area contributed by atoms with Crippen molar-refractivity contribution in [1.29, 1.82) is 0 Å². The lowest BCUT2D eigenvalue weighted by Crippen LogP contribution is -2.40. The first-order valence-electron chi connectivity index (χ1n) is 13.8. The fourth-order valence-corrected chi connectivity index (χ4v) is 7.29. The summed E-state index contributed by atoms with van der Waals surface area (Å²) in [7, 11) is -3.38. The normalized spacial score (nSPS) is 16.3. The highest BCUT2D eigenvalue weighted by Gasteiger charge is 2.30. The van der Waals surface area contributed by atoms with Crippen LogP contribution in [0.5, 0.6) is 0 Å². The van der Waals surface area contributed by atoms with Crippen LogP contribution >= 0.6 is 0 Å². The van der Waals surface area contributed by atoms with Crippen molar-refractivity contribution in [3.63, 3.8) is 0 Å². The van der Waals surface area contributed by atoms with Gasteiger partial charge in [0.25, 0.3) is 0 Å². The van der Waals surface area contributed by atoms with Crippen LogP contribution in [0.2, 0.25) is 0 Å². The first-order chi connectivity index (χ1) is 19.3. The summed E-state index contributed by atoms with van der Waals surface area (Å²) in [5, 5.41) is 5.56. The van der Waals surface area contributed by atoms with Crippen LogP contribution in [-0.4, -0.2) is 29.2 Å². The smallest absolute Gasteiger partial charge is 0.205 e. The zero-order chi connectivity index (χ0) is 28.5. The van der Waals surface area contributed by atoms with Gasteiger partial charge >= 0.3 is 0 Å². The van der Waals surface area contributed by atoms with Gasteiger partial charge in [0.2, 0.25) is 5.23 Å². The SMILES string of the molecule is CC1=CCC(COCCN[C@H](c2ccccc2)[C@H](NS(=O)(=C=O)c2c(C)cc(C)cc2C)c2ccccc2)=CC1. The van der Waals surface area contributed by atoms with E-state index in [0.29, 0.717) is 24.7 Å². The van der Waals surface area contributed by atoms with Gasteiger partial charge in [0, 0.05) is 6.54 Å². The summed E-state index contributed by atoms with van der Waals surface area (Å²) in [6.07, 6.45) is 6.45. The van der Waals surface area contributed by atoms with Crippen molar-refractivity contribution in [3.8, 4) is 0 Å². The second-order valence-electron chi connectivity index (χ2n) is 10.6. The molecule has 0 bridgehead atoms. The number of benzene rings is 3. The molecule has 0 spiro atoms. The Kier molecular flexibility index (Phi) is 10.3.